The first-order valence-electron chi connectivity index (χ1n) is 18.7. The van der Waals surface area contributed by atoms with E-state index in [4.69, 9.17) is 37.9 Å². The normalized spacial score (nSPS) is 25.8. The van der Waals surface area contributed by atoms with Crippen LogP contribution in [0.2, 0.25) is 0 Å². The Hall–Kier alpha value is -5.21. The highest BCUT2D eigenvalue weighted by atomic mass is 32.2. The summed E-state index contributed by atoms with van der Waals surface area (Å²) in [7, 11) is 5.16. The topological polar surface area (TPSA) is 167 Å². The molecule has 9 rings (SSSR count). The summed E-state index contributed by atoms with van der Waals surface area (Å²) in [6.45, 7) is 4.81. The summed E-state index contributed by atoms with van der Waals surface area (Å²) in [4.78, 5) is 44.4. The van der Waals surface area contributed by atoms with E-state index in [0.29, 0.717) is 51.9 Å². The molecule has 0 spiro atoms. The lowest BCUT2D eigenvalue weighted by Gasteiger charge is -2.61. The van der Waals surface area contributed by atoms with Gasteiger partial charge >= 0.3 is 18.0 Å². The van der Waals surface area contributed by atoms with Crippen LogP contribution in [0.3, 0.4) is 0 Å². The number of piperazine rings is 1. The minimum Gasteiger partial charge on any atom is -0.493 e. The van der Waals surface area contributed by atoms with Gasteiger partial charge in [-0.15, -0.1) is 11.8 Å². The number of nitrogens with one attached hydrogen (secondary N) is 1. The maximum Gasteiger partial charge on any atom is 0.408 e. The van der Waals surface area contributed by atoms with Gasteiger partial charge in [-0.1, -0.05) is 36.4 Å². The van der Waals surface area contributed by atoms with Crippen LogP contribution in [0.1, 0.15) is 63.2 Å². The molecule has 0 aliphatic carbocycles. The van der Waals surface area contributed by atoms with E-state index in [-0.39, 0.29) is 38.6 Å². The Kier molecular flexibility index (Phi) is 10.6. The summed E-state index contributed by atoms with van der Waals surface area (Å²) in [6, 6.07) is 10.2. The Labute approximate surface area is 334 Å². The number of nitriles is 1. The first kappa shape index (κ1) is 38.7. The van der Waals surface area contributed by atoms with E-state index in [1.807, 2.05) is 51.2 Å². The lowest BCUT2D eigenvalue weighted by molar-refractivity contribution is -0.151. The number of carbonyl (C=O) groups excluding carboxylic acids is 3. The zero-order valence-corrected chi connectivity index (χ0v) is 33.3. The Morgan fingerprint density at radius 1 is 1.04 bits per heavy atom. The second-order valence-electron chi connectivity index (χ2n) is 14.7. The van der Waals surface area contributed by atoms with Crippen LogP contribution in [0.15, 0.2) is 36.4 Å². The number of nitrogens with zero attached hydrogens (tertiary/aromatic N) is 3. The number of esters is 2. The maximum absolute atomic E-state index is 13.9. The van der Waals surface area contributed by atoms with E-state index in [1.54, 1.807) is 14.2 Å². The van der Waals surface area contributed by atoms with Gasteiger partial charge in [-0.3, -0.25) is 14.6 Å². The van der Waals surface area contributed by atoms with Crippen molar-refractivity contribution in [2.24, 2.45) is 0 Å². The molecule has 1 N–H and O–H groups in total. The summed E-state index contributed by atoms with van der Waals surface area (Å²) in [5.74, 6) is 1.14. The third kappa shape index (κ3) is 6.56. The fourth-order valence-corrected chi connectivity index (χ4v) is 10.7. The number of rotatable bonds is 8. The number of alkyl carbamates (subject to hydrolysis) is 1. The molecule has 0 aromatic heterocycles. The van der Waals surface area contributed by atoms with Gasteiger partial charge in [-0.2, -0.15) is 5.26 Å². The number of aryl methyl sites for hydroxylation is 1. The molecule has 15 nitrogen and oxygen atoms in total. The summed E-state index contributed by atoms with van der Waals surface area (Å²) >= 11 is 1.39. The van der Waals surface area contributed by atoms with Crippen molar-refractivity contribution < 1.29 is 52.3 Å². The number of methoxy groups -OCH3 is 2. The molecule has 16 heteroatoms. The Bertz CT molecular complexity index is 2150. The number of thioether (sulfide) groups is 1. The second-order valence-corrected chi connectivity index (χ2v) is 15.8. The van der Waals surface area contributed by atoms with Crippen LogP contribution in [-0.4, -0.2) is 99.2 Å². The zero-order valence-electron chi connectivity index (χ0n) is 32.5. The van der Waals surface area contributed by atoms with Crippen LogP contribution >= 0.6 is 11.8 Å². The maximum atomic E-state index is 13.9. The number of hydrogen-bond donors (Lipinski definition) is 1. The van der Waals surface area contributed by atoms with Gasteiger partial charge in [-0.25, -0.2) is 9.59 Å². The van der Waals surface area contributed by atoms with Crippen molar-refractivity contribution in [3.05, 3.63) is 75.3 Å². The van der Waals surface area contributed by atoms with Crippen molar-refractivity contribution in [2.75, 3.05) is 47.2 Å². The van der Waals surface area contributed by atoms with Crippen molar-refractivity contribution in [2.45, 2.75) is 75.3 Å². The lowest BCUT2D eigenvalue weighted by Crippen LogP contribution is -2.69. The lowest BCUT2D eigenvalue weighted by atomic mass is 9.71. The molecular formula is C41H44N4O11S. The zero-order chi connectivity index (χ0) is 40.1. The molecule has 1 unspecified atom stereocenters. The van der Waals surface area contributed by atoms with Crippen molar-refractivity contribution in [1.29, 1.82) is 5.26 Å². The molecule has 1 amide bonds. The SMILES string of the molecule is COCOc1c(OC)c(C)cc2c1[C@@H]1C3[C@@H]4SC[C@H](NC(=O)OCc5ccccc5)C(=O)OC[C@@H](c5c6c(c(C)c(OC(C)=O)c54)OCO6)N3[C@@H](C#N)[C@H](C2)N1C. The number of fused-ring (bicyclic) bond motifs is 10. The highest BCUT2D eigenvalue weighted by Crippen LogP contribution is 2.64. The molecule has 0 saturated carbocycles. The van der Waals surface area contributed by atoms with Gasteiger partial charge in [0.2, 0.25) is 6.79 Å². The minimum absolute atomic E-state index is 0.00937. The number of likely N-dealkylation sites (N-methyl/N-ethyl adjacent to an activating group) is 1. The van der Waals surface area contributed by atoms with Crippen LogP contribution in [0, 0.1) is 25.2 Å². The van der Waals surface area contributed by atoms with Gasteiger partial charge in [0.25, 0.3) is 0 Å². The molecule has 0 radical (unpaired) electrons. The molecule has 3 aromatic carbocycles. The fraction of sp³-hybridized carbons (Fsp3) is 0.463. The fourth-order valence-electron chi connectivity index (χ4n) is 9.21. The largest absolute Gasteiger partial charge is 0.493 e. The van der Waals surface area contributed by atoms with E-state index in [9.17, 15) is 19.6 Å². The molecule has 2 saturated heterocycles. The molecule has 6 aliphatic rings. The number of hydrogen-bond acceptors (Lipinski definition) is 15. The third-order valence-corrected chi connectivity index (χ3v) is 12.9. The van der Waals surface area contributed by atoms with E-state index in [1.165, 1.54) is 18.7 Å². The molecule has 7 atom stereocenters. The molecule has 57 heavy (non-hydrogen) atoms. The van der Waals surface area contributed by atoms with E-state index in [2.05, 4.69) is 27.3 Å². The Balaban J connectivity index is 1.31. The second kappa shape index (κ2) is 15.6. The first-order chi connectivity index (χ1) is 27.6. The monoisotopic (exact) mass is 800 g/mol. The minimum atomic E-state index is -1.11. The van der Waals surface area contributed by atoms with Gasteiger partial charge in [0.05, 0.1) is 30.5 Å². The van der Waals surface area contributed by atoms with E-state index >= 15 is 0 Å². The number of benzene rings is 3. The van der Waals surface area contributed by atoms with Crippen LogP contribution in [0.25, 0.3) is 0 Å². The summed E-state index contributed by atoms with van der Waals surface area (Å²) in [5.41, 5.74) is 5.43. The van der Waals surface area contributed by atoms with E-state index < -0.39 is 53.5 Å². The summed E-state index contributed by atoms with van der Waals surface area (Å²) in [6.07, 6.45) is -0.255. The molecule has 6 aliphatic heterocycles. The predicted molar refractivity (Wildman–Crippen MR) is 204 cm³/mol. The van der Waals surface area contributed by atoms with E-state index in [0.717, 1.165) is 22.3 Å². The Morgan fingerprint density at radius 3 is 2.53 bits per heavy atom. The van der Waals surface area contributed by atoms with Crippen LogP contribution < -0.4 is 29.0 Å². The van der Waals surface area contributed by atoms with Gasteiger partial charge in [0.1, 0.15) is 31.0 Å². The van der Waals surface area contributed by atoms with Gasteiger partial charge in [0.15, 0.2) is 29.8 Å². The van der Waals surface area contributed by atoms with Crippen LogP contribution in [0.5, 0.6) is 28.7 Å². The molecule has 2 fully saturated rings. The highest BCUT2D eigenvalue weighted by molar-refractivity contribution is 7.99. The van der Waals surface area contributed by atoms with Crippen molar-refractivity contribution in [3.8, 4) is 34.8 Å². The smallest absolute Gasteiger partial charge is 0.408 e. The molecular weight excluding hydrogens is 757 g/mol. The van der Waals surface area contributed by atoms with Gasteiger partial charge in [0, 0.05) is 54.1 Å². The molecule has 300 valence electrons. The van der Waals surface area contributed by atoms with Gasteiger partial charge in [-0.05, 0) is 44.0 Å². The third-order valence-electron chi connectivity index (χ3n) is 11.5. The van der Waals surface area contributed by atoms with Crippen LogP contribution in [0.4, 0.5) is 4.79 Å². The number of ether oxygens (including phenoxy) is 8. The molecule has 4 bridgehead atoms. The summed E-state index contributed by atoms with van der Waals surface area (Å²) in [5, 5.41) is 13.3. The van der Waals surface area contributed by atoms with Crippen molar-refractivity contribution in [1.82, 2.24) is 15.1 Å². The van der Waals surface area contributed by atoms with Crippen molar-refractivity contribution in [3.63, 3.8) is 0 Å². The van der Waals surface area contributed by atoms with Gasteiger partial charge < -0.3 is 43.2 Å². The summed E-state index contributed by atoms with van der Waals surface area (Å²) < 4.78 is 47.6. The average Bonchev–Trinajstić information content (AvgIpc) is 3.69. The standard InChI is InChI=1S/C41H44N4O11S/c1-20-12-24-13-26-27(14-42)45-28-16-51-40(47)25(43-41(48)52-15-23-10-8-7-9-11-23)17-57-39(31-30(28)38-36(54-19-55-38)21(2)35(31)56-22(3)46)33(45)32(44(26)4)29(24)37(34(20)50-6)53-18-49-5/h7-12,25-28,32-33,39H,13,15-19H2,1-6H3,(H,43,48)/t25-,26-,27-,28-,32+,33?,39+/m0/s1. The quantitative estimate of drug-likeness (QED) is 0.187. The predicted octanol–water partition coefficient (Wildman–Crippen LogP) is 4.80. The molecule has 6 heterocycles. The van der Waals surface area contributed by atoms with Crippen LogP contribution in [-0.2, 0) is 36.8 Å². The first-order valence-corrected chi connectivity index (χ1v) is 19.7. The number of amides is 1. The highest BCUT2D eigenvalue weighted by Gasteiger charge is 2.61. The molecule has 3 aromatic rings. The Morgan fingerprint density at radius 2 is 1.81 bits per heavy atom. The van der Waals surface area contributed by atoms with Crippen molar-refractivity contribution >= 4 is 29.8 Å². The average molecular weight is 801 g/mol. The number of carbonyl (C=O) groups is 3.